The summed E-state index contributed by atoms with van der Waals surface area (Å²) in [5.74, 6) is -0.177. The van der Waals surface area contributed by atoms with Crippen LogP contribution < -0.4 is 5.32 Å². The molecule has 0 spiro atoms. The van der Waals surface area contributed by atoms with Crippen LogP contribution in [0.2, 0.25) is 0 Å². The average molecular weight is 215 g/mol. The molecule has 0 aliphatic rings. The van der Waals surface area contributed by atoms with Gasteiger partial charge in [-0.05, 0) is 19.1 Å². The van der Waals surface area contributed by atoms with Crippen LogP contribution in [0.15, 0.2) is 36.5 Å². The zero-order valence-corrected chi connectivity index (χ0v) is 9.27. The Kier molecular flexibility index (Phi) is 2.72. The SMILES string of the molecule is Cc1cn(C)nc1C(=O)Nc1ccccc1. The highest BCUT2D eigenvalue weighted by Gasteiger charge is 2.12. The van der Waals surface area contributed by atoms with Gasteiger partial charge in [-0.2, -0.15) is 5.10 Å². The van der Waals surface area contributed by atoms with E-state index in [1.54, 1.807) is 11.7 Å². The Morgan fingerprint density at radius 2 is 2.00 bits per heavy atom. The van der Waals surface area contributed by atoms with Gasteiger partial charge in [-0.25, -0.2) is 0 Å². The van der Waals surface area contributed by atoms with Crippen LogP contribution >= 0.6 is 0 Å². The number of aryl methyl sites for hydroxylation is 2. The highest BCUT2D eigenvalue weighted by atomic mass is 16.1. The number of nitrogens with one attached hydrogen (secondary N) is 1. The van der Waals surface area contributed by atoms with Crippen LogP contribution in [0.3, 0.4) is 0 Å². The fraction of sp³-hybridized carbons (Fsp3) is 0.167. The lowest BCUT2D eigenvalue weighted by atomic mass is 10.2. The first kappa shape index (κ1) is 10.4. The second kappa shape index (κ2) is 4.18. The summed E-state index contributed by atoms with van der Waals surface area (Å²) in [4.78, 5) is 11.9. The van der Waals surface area contributed by atoms with E-state index in [2.05, 4.69) is 10.4 Å². The van der Waals surface area contributed by atoms with E-state index < -0.39 is 0 Å². The van der Waals surface area contributed by atoms with E-state index in [0.717, 1.165) is 11.3 Å². The number of para-hydroxylation sites is 1. The predicted molar refractivity (Wildman–Crippen MR) is 62.3 cm³/mol. The molecule has 2 aromatic rings. The van der Waals surface area contributed by atoms with Crippen molar-refractivity contribution in [2.24, 2.45) is 7.05 Å². The highest BCUT2D eigenvalue weighted by molar-refractivity contribution is 6.03. The Labute approximate surface area is 93.9 Å². The molecule has 82 valence electrons. The van der Waals surface area contributed by atoms with Crippen molar-refractivity contribution in [2.45, 2.75) is 6.92 Å². The molecule has 0 bridgehead atoms. The van der Waals surface area contributed by atoms with Crippen LogP contribution in [0.5, 0.6) is 0 Å². The molecule has 1 amide bonds. The summed E-state index contributed by atoms with van der Waals surface area (Å²) in [6.07, 6.45) is 1.82. The normalized spacial score (nSPS) is 10.1. The van der Waals surface area contributed by atoms with Gasteiger partial charge in [-0.15, -0.1) is 0 Å². The van der Waals surface area contributed by atoms with Gasteiger partial charge in [0, 0.05) is 24.5 Å². The van der Waals surface area contributed by atoms with Gasteiger partial charge >= 0.3 is 0 Å². The number of amides is 1. The number of rotatable bonds is 2. The quantitative estimate of drug-likeness (QED) is 0.832. The van der Waals surface area contributed by atoms with Crippen molar-refractivity contribution in [3.63, 3.8) is 0 Å². The molecule has 0 radical (unpaired) electrons. The maximum atomic E-state index is 11.9. The van der Waals surface area contributed by atoms with Gasteiger partial charge in [0.25, 0.3) is 5.91 Å². The van der Waals surface area contributed by atoms with Crippen molar-refractivity contribution in [3.8, 4) is 0 Å². The van der Waals surface area contributed by atoms with Crippen LogP contribution in [0, 0.1) is 6.92 Å². The van der Waals surface area contributed by atoms with Crippen LogP contribution in [-0.2, 0) is 7.05 Å². The molecule has 16 heavy (non-hydrogen) atoms. The second-order valence-corrected chi connectivity index (χ2v) is 3.65. The summed E-state index contributed by atoms with van der Waals surface area (Å²) < 4.78 is 1.63. The molecule has 0 aliphatic heterocycles. The smallest absolute Gasteiger partial charge is 0.276 e. The molecule has 0 saturated heterocycles. The largest absolute Gasteiger partial charge is 0.321 e. The Hall–Kier alpha value is -2.10. The Morgan fingerprint density at radius 3 is 2.56 bits per heavy atom. The van der Waals surface area contributed by atoms with Gasteiger partial charge in [-0.3, -0.25) is 9.48 Å². The van der Waals surface area contributed by atoms with E-state index in [0.29, 0.717) is 5.69 Å². The molecule has 1 N–H and O–H groups in total. The third-order valence-electron chi connectivity index (χ3n) is 2.26. The minimum atomic E-state index is -0.177. The summed E-state index contributed by atoms with van der Waals surface area (Å²) in [7, 11) is 1.80. The molecule has 0 atom stereocenters. The number of carbonyl (C=O) groups is 1. The lowest BCUT2D eigenvalue weighted by molar-refractivity contribution is 0.102. The first-order valence-electron chi connectivity index (χ1n) is 5.03. The van der Waals surface area contributed by atoms with E-state index in [-0.39, 0.29) is 5.91 Å². The van der Waals surface area contributed by atoms with Crippen LogP contribution in [0.4, 0.5) is 5.69 Å². The average Bonchev–Trinajstić information content (AvgIpc) is 2.59. The van der Waals surface area contributed by atoms with Gasteiger partial charge in [0.2, 0.25) is 0 Å². The van der Waals surface area contributed by atoms with Gasteiger partial charge in [0.1, 0.15) is 0 Å². The van der Waals surface area contributed by atoms with Crippen molar-refractivity contribution >= 4 is 11.6 Å². The molecular formula is C12H13N3O. The molecule has 1 aromatic heterocycles. The van der Waals surface area contributed by atoms with Crippen molar-refractivity contribution in [3.05, 3.63) is 47.8 Å². The van der Waals surface area contributed by atoms with E-state index in [9.17, 15) is 4.79 Å². The zero-order valence-electron chi connectivity index (χ0n) is 9.27. The van der Waals surface area contributed by atoms with Crippen molar-refractivity contribution in [1.82, 2.24) is 9.78 Å². The third kappa shape index (κ3) is 2.11. The molecule has 1 heterocycles. The first-order valence-corrected chi connectivity index (χ1v) is 5.03. The highest BCUT2D eigenvalue weighted by Crippen LogP contribution is 2.10. The van der Waals surface area contributed by atoms with E-state index in [1.165, 1.54) is 0 Å². The molecule has 0 fully saturated rings. The fourth-order valence-corrected chi connectivity index (χ4v) is 1.54. The zero-order chi connectivity index (χ0) is 11.5. The van der Waals surface area contributed by atoms with Gasteiger partial charge < -0.3 is 5.32 Å². The Balaban J connectivity index is 2.18. The number of carbonyl (C=O) groups excluding carboxylic acids is 1. The Morgan fingerprint density at radius 1 is 1.31 bits per heavy atom. The van der Waals surface area contributed by atoms with Crippen LogP contribution in [0.25, 0.3) is 0 Å². The molecular weight excluding hydrogens is 202 g/mol. The minimum absolute atomic E-state index is 0.177. The van der Waals surface area contributed by atoms with E-state index in [1.807, 2.05) is 43.5 Å². The molecule has 2 rings (SSSR count). The number of aromatic nitrogens is 2. The number of benzene rings is 1. The summed E-state index contributed by atoms with van der Waals surface area (Å²) in [5, 5.41) is 6.91. The fourth-order valence-electron chi connectivity index (χ4n) is 1.54. The topological polar surface area (TPSA) is 46.9 Å². The molecule has 4 nitrogen and oxygen atoms in total. The van der Waals surface area contributed by atoms with Gasteiger partial charge in [0.15, 0.2) is 5.69 Å². The van der Waals surface area contributed by atoms with E-state index in [4.69, 9.17) is 0 Å². The van der Waals surface area contributed by atoms with Crippen molar-refractivity contribution in [2.75, 3.05) is 5.32 Å². The third-order valence-corrected chi connectivity index (χ3v) is 2.26. The lowest BCUT2D eigenvalue weighted by Gasteiger charge is -2.02. The predicted octanol–water partition coefficient (Wildman–Crippen LogP) is 1.98. The number of hydrogen-bond acceptors (Lipinski definition) is 2. The van der Waals surface area contributed by atoms with Crippen LogP contribution in [-0.4, -0.2) is 15.7 Å². The second-order valence-electron chi connectivity index (χ2n) is 3.65. The molecule has 0 saturated carbocycles. The summed E-state index contributed by atoms with van der Waals surface area (Å²) in [6, 6.07) is 9.34. The maximum Gasteiger partial charge on any atom is 0.276 e. The summed E-state index contributed by atoms with van der Waals surface area (Å²) in [5.41, 5.74) is 2.11. The molecule has 1 aromatic carbocycles. The number of nitrogens with zero attached hydrogens (tertiary/aromatic N) is 2. The summed E-state index contributed by atoms with van der Waals surface area (Å²) >= 11 is 0. The molecule has 4 heteroatoms. The molecule has 0 unspecified atom stereocenters. The van der Waals surface area contributed by atoms with Crippen molar-refractivity contribution in [1.29, 1.82) is 0 Å². The van der Waals surface area contributed by atoms with Crippen LogP contribution in [0.1, 0.15) is 16.1 Å². The first-order chi connectivity index (χ1) is 7.66. The summed E-state index contributed by atoms with van der Waals surface area (Å²) in [6.45, 7) is 1.87. The maximum absolute atomic E-state index is 11.9. The van der Waals surface area contributed by atoms with Gasteiger partial charge in [-0.1, -0.05) is 18.2 Å². The van der Waals surface area contributed by atoms with E-state index >= 15 is 0 Å². The van der Waals surface area contributed by atoms with Gasteiger partial charge in [0.05, 0.1) is 0 Å². The lowest BCUT2D eigenvalue weighted by Crippen LogP contribution is -2.13. The Bertz CT molecular complexity index is 502. The minimum Gasteiger partial charge on any atom is -0.321 e. The molecule has 0 aliphatic carbocycles. The van der Waals surface area contributed by atoms with Crippen molar-refractivity contribution < 1.29 is 4.79 Å². The monoisotopic (exact) mass is 215 g/mol. The number of hydrogen-bond donors (Lipinski definition) is 1. The standard InChI is InChI=1S/C12H13N3O/c1-9-8-15(2)14-11(9)12(16)13-10-6-4-3-5-7-10/h3-8H,1-2H3,(H,13,16). The number of anilines is 1.